The molecule has 15 heteroatoms. The molecule has 0 aromatic rings. The molecule has 0 saturated carbocycles. The molecule has 62 heavy (non-hydrogen) atoms. The van der Waals surface area contributed by atoms with Gasteiger partial charge in [0.15, 0.2) is 18.7 Å². The third kappa shape index (κ3) is 24.1. The van der Waals surface area contributed by atoms with Crippen LogP contribution in [0.25, 0.3) is 0 Å². The van der Waals surface area contributed by atoms with Gasteiger partial charge in [-0.25, -0.2) is 0 Å². The first-order valence-electron chi connectivity index (χ1n) is 24.6. The lowest BCUT2D eigenvalue weighted by Gasteiger charge is -2.42. The number of aliphatic hydroxyl groups is 7. The van der Waals surface area contributed by atoms with E-state index < -0.39 is 92.7 Å². The van der Waals surface area contributed by atoms with E-state index in [1.54, 1.807) is 0 Å². The van der Waals surface area contributed by atoms with Crippen LogP contribution >= 0.6 is 0 Å². The maximum atomic E-state index is 13.0. The molecule has 0 spiro atoms. The average Bonchev–Trinajstić information content (AvgIpc) is 3.26. The van der Waals surface area contributed by atoms with Crippen molar-refractivity contribution in [3.05, 3.63) is 0 Å². The van der Waals surface area contributed by atoms with Gasteiger partial charge < -0.3 is 64.2 Å². The summed E-state index contributed by atoms with van der Waals surface area (Å²) in [5.41, 5.74) is 0. The van der Waals surface area contributed by atoms with Gasteiger partial charge in [0.2, 0.25) is 0 Å². The first-order valence-corrected chi connectivity index (χ1v) is 24.6. The second-order valence-electron chi connectivity index (χ2n) is 17.7. The Balaban J connectivity index is 1.83. The molecule has 2 aliphatic rings. The highest BCUT2D eigenvalue weighted by atomic mass is 16.7. The standard InChI is InChI=1S/C47H88O15/c1-3-5-7-9-11-13-15-17-19-21-23-25-27-29-38(49)57-32-35(60-39(50)30-28-26-24-22-20-18-16-14-12-10-8-6-4-2)33-58-46-45(56)43(54)41(52)37(62-46)34-59-47-44(55)42(53)40(51)36(31-48)61-47/h35-37,40-48,51-56H,3-34H2,1-2H3/t35-,36-,37-,40+,41+,42?,43?,44?,45?,46-,47-/m1/s1. The lowest BCUT2D eigenvalue weighted by atomic mass is 9.98. The molecule has 366 valence electrons. The zero-order valence-electron chi connectivity index (χ0n) is 38.4. The van der Waals surface area contributed by atoms with Crippen LogP contribution in [0.4, 0.5) is 0 Å². The van der Waals surface area contributed by atoms with E-state index in [4.69, 9.17) is 28.4 Å². The maximum absolute atomic E-state index is 13.0. The summed E-state index contributed by atoms with van der Waals surface area (Å²) in [4.78, 5) is 25.7. The zero-order valence-corrected chi connectivity index (χ0v) is 38.4. The Morgan fingerprint density at radius 1 is 0.452 bits per heavy atom. The average molecular weight is 893 g/mol. The number of carbonyl (C=O) groups is 2. The second kappa shape index (κ2) is 35.7. The van der Waals surface area contributed by atoms with Gasteiger partial charge in [-0.05, 0) is 12.8 Å². The van der Waals surface area contributed by atoms with Crippen LogP contribution in [0.5, 0.6) is 0 Å². The Morgan fingerprint density at radius 3 is 1.26 bits per heavy atom. The summed E-state index contributed by atoms with van der Waals surface area (Å²) in [6, 6.07) is 0. The molecular formula is C47H88O15. The monoisotopic (exact) mass is 893 g/mol. The van der Waals surface area contributed by atoms with Crippen LogP contribution < -0.4 is 0 Å². The molecule has 2 aliphatic heterocycles. The van der Waals surface area contributed by atoms with Gasteiger partial charge in [0.1, 0.15) is 55.4 Å². The number of rotatable bonds is 38. The molecule has 2 rings (SSSR count). The number of ether oxygens (including phenoxy) is 6. The molecule has 2 saturated heterocycles. The van der Waals surface area contributed by atoms with Crippen molar-refractivity contribution in [3.8, 4) is 0 Å². The maximum Gasteiger partial charge on any atom is 0.306 e. The van der Waals surface area contributed by atoms with Crippen molar-refractivity contribution in [3.63, 3.8) is 0 Å². The number of unbranched alkanes of at least 4 members (excludes halogenated alkanes) is 24. The molecule has 2 heterocycles. The van der Waals surface area contributed by atoms with Gasteiger partial charge in [-0.3, -0.25) is 9.59 Å². The number of aliphatic hydroxyl groups excluding tert-OH is 7. The SMILES string of the molecule is CCCCCCCCCCCCCCCC(=O)OC[C@H](CO[C@@H]1O[C@H](CO[C@@H]2O[C@H](CO)[C@H](O)C(O)C2O)[C@H](O)C(O)C1O)OC(=O)CCCCCCCCCCCCCCC. The fourth-order valence-corrected chi connectivity index (χ4v) is 7.98. The van der Waals surface area contributed by atoms with Crippen LogP contribution in [0.15, 0.2) is 0 Å². The molecule has 2 fully saturated rings. The fourth-order valence-electron chi connectivity index (χ4n) is 7.98. The third-order valence-corrected chi connectivity index (χ3v) is 12.1. The van der Waals surface area contributed by atoms with Gasteiger partial charge in [-0.1, -0.05) is 168 Å². The summed E-state index contributed by atoms with van der Waals surface area (Å²) < 4.78 is 33.5. The summed E-state index contributed by atoms with van der Waals surface area (Å²) in [5.74, 6) is -0.913. The van der Waals surface area contributed by atoms with E-state index in [0.717, 1.165) is 38.5 Å². The first kappa shape index (κ1) is 56.6. The van der Waals surface area contributed by atoms with Gasteiger partial charge in [-0.15, -0.1) is 0 Å². The van der Waals surface area contributed by atoms with Crippen molar-refractivity contribution in [2.45, 2.75) is 261 Å². The Labute approximate surface area is 372 Å². The third-order valence-electron chi connectivity index (χ3n) is 12.1. The minimum absolute atomic E-state index is 0.173. The number of carbonyl (C=O) groups excluding carboxylic acids is 2. The minimum Gasteiger partial charge on any atom is -0.462 e. The zero-order chi connectivity index (χ0) is 45.4. The van der Waals surface area contributed by atoms with Crippen LogP contribution in [0.2, 0.25) is 0 Å². The van der Waals surface area contributed by atoms with Gasteiger partial charge in [0.25, 0.3) is 0 Å². The van der Waals surface area contributed by atoms with Crippen molar-refractivity contribution in [2.75, 3.05) is 26.4 Å². The van der Waals surface area contributed by atoms with E-state index in [1.807, 2.05) is 0 Å². The normalized spacial score (nSPS) is 27.0. The smallest absolute Gasteiger partial charge is 0.306 e. The van der Waals surface area contributed by atoms with E-state index in [-0.39, 0.29) is 26.1 Å². The quantitative estimate of drug-likeness (QED) is 0.0277. The van der Waals surface area contributed by atoms with Gasteiger partial charge in [-0.2, -0.15) is 0 Å². The van der Waals surface area contributed by atoms with Crippen molar-refractivity contribution < 1.29 is 73.8 Å². The minimum atomic E-state index is -1.76. The Hall–Kier alpha value is -1.50. The molecule has 4 unspecified atom stereocenters. The number of hydrogen-bond donors (Lipinski definition) is 7. The van der Waals surface area contributed by atoms with Gasteiger partial charge in [0, 0.05) is 12.8 Å². The predicted molar refractivity (Wildman–Crippen MR) is 234 cm³/mol. The second-order valence-corrected chi connectivity index (χ2v) is 17.7. The van der Waals surface area contributed by atoms with Gasteiger partial charge in [0.05, 0.1) is 19.8 Å². The summed E-state index contributed by atoms with van der Waals surface area (Å²) in [7, 11) is 0. The largest absolute Gasteiger partial charge is 0.462 e. The summed E-state index contributed by atoms with van der Waals surface area (Å²) in [5, 5.41) is 71.9. The van der Waals surface area contributed by atoms with Crippen LogP contribution in [-0.4, -0.2) is 142 Å². The Bertz CT molecular complexity index is 1100. The van der Waals surface area contributed by atoms with E-state index in [0.29, 0.717) is 12.8 Å². The molecule has 15 nitrogen and oxygen atoms in total. The lowest BCUT2D eigenvalue weighted by molar-refractivity contribution is -0.332. The van der Waals surface area contributed by atoms with E-state index >= 15 is 0 Å². The molecule has 0 radical (unpaired) electrons. The highest BCUT2D eigenvalue weighted by molar-refractivity contribution is 5.70. The fraction of sp³-hybridized carbons (Fsp3) is 0.957. The molecule has 0 aromatic heterocycles. The van der Waals surface area contributed by atoms with Crippen LogP contribution in [0.1, 0.15) is 194 Å². The Morgan fingerprint density at radius 2 is 0.823 bits per heavy atom. The number of esters is 2. The van der Waals surface area contributed by atoms with E-state index in [9.17, 15) is 45.3 Å². The Kier molecular flexibility index (Phi) is 32.6. The molecular weight excluding hydrogens is 805 g/mol. The molecule has 11 atom stereocenters. The first-order chi connectivity index (χ1) is 30.0. The summed E-state index contributed by atoms with van der Waals surface area (Å²) in [6.07, 6.45) is 14.2. The van der Waals surface area contributed by atoms with Gasteiger partial charge >= 0.3 is 11.9 Å². The lowest BCUT2D eigenvalue weighted by Crippen LogP contribution is -2.61. The van der Waals surface area contributed by atoms with Crippen molar-refractivity contribution >= 4 is 11.9 Å². The van der Waals surface area contributed by atoms with Crippen molar-refractivity contribution in [2.24, 2.45) is 0 Å². The van der Waals surface area contributed by atoms with E-state index in [1.165, 1.54) is 116 Å². The number of hydrogen-bond acceptors (Lipinski definition) is 15. The molecule has 7 N–H and O–H groups in total. The topological polar surface area (TPSA) is 231 Å². The highest BCUT2D eigenvalue weighted by Crippen LogP contribution is 2.26. The predicted octanol–water partition coefficient (Wildman–Crippen LogP) is 6.04. The van der Waals surface area contributed by atoms with Crippen LogP contribution in [-0.2, 0) is 38.0 Å². The van der Waals surface area contributed by atoms with E-state index in [2.05, 4.69) is 13.8 Å². The molecule has 0 aromatic carbocycles. The summed E-state index contributed by atoms with van der Waals surface area (Å²) in [6.45, 7) is 2.60. The van der Waals surface area contributed by atoms with Crippen LogP contribution in [0, 0.1) is 0 Å². The van der Waals surface area contributed by atoms with Crippen LogP contribution in [0.3, 0.4) is 0 Å². The summed E-state index contributed by atoms with van der Waals surface area (Å²) >= 11 is 0. The van der Waals surface area contributed by atoms with Crippen molar-refractivity contribution in [1.29, 1.82) is 0 Å². The molecule has 0 bridgehead atoms. The highest BCUT2D eigenvalue weighted by Gasteiger charge is 2.47. The molecule has 0 aliphatic carbocycles. The van der Waals surface area contributed by atoms with Crippen molar-refractivity contribution in [1.82, 2.24) is 0 Å². The molecule has 0 amide bonds.